The zero-order chi connectivity index (χ0) is 16.1. The molecule has 1 aromatic carbocycles. The molecule has 1 fully saturated rings. The van der Waals surface area contributed by atoms with Gasteiger partial charge in [-0.25, -0.2) is 0 Å². The highest BCUT2D eigenvalue weighted by Gasteiger charge is 2.28. The van der Waals surface area contributed by atoms with Crippen LogP contribution in [0, 0.1) is 13.8 Å². The fourth-order valence-electron chi connectivity index (χ4n) is 2.67. The number of nitrogens with one attached hydrogen (secondary N) is 2. The van der Waals surface area contributed by atoms with E-state index in [1.54, 1.807) is 0 Å². The monoisotopic (exact) mass is 430 g/mol. The zero-order valence-electron chi connectivity index (χ0n) is 15.0. The Morgan fingerprint density at radius 2 is 2.00 bits per heavy atom. The molecule has 0 bridgehead atoms. The number of aliphatic imine (C=N–C) groups is 1. The third kappa shape index (κ3) is 6.30. The van der Waals surface area contributed by atoms with Gasteiger partial charge in [-0.15, -0.1) is 24.0 Å². The van der Waals surface area contributed by atoms with E-state index in [0.29, 0.717) is 6.04 Å². The van der Waals surface area contributed by atoms with Gasteiger partial charge in [0.2, 0.25) is 0 Å². The van der Waals surface area contributed by atoms with E-state index in [9.17, 15) is 0 Å². The van der Waals surface area contributed by atoms with Gasteiger partial charge >= 0.3 is 0 Å². The Labute approximate surface area is 158 Å². The van der Waals surface area contributed by atoms with Crippen molar-refractivity contribution in [3.8, 4) is 0 Å². The largest absolute Gasteiger partial charge is 0.355 e. The molecule has 1 saturated carbocycles. The van der Waals surface area contributed by atoms with Gasteiger partial charge in [0, 0.05) is 32.2 Å². The average Bonchev–Trinajstić information content (AvgIpc) is 3.32. The van der Waals surface area contributed by atoms with Crippen LogP contribution in [0.25, 0.3) is 0 Å². The van der Waals surface area contributed by atoms with Crippen molar-refractivity contribution < 1.29 is 0 Å². The van der Waals surface area contributed by atoms with Crippen molar-refractivity contribution in [3.63, 3.8) is 0 Å². The summed E-state index contributed by atoms with van der Waals surface area (Å²) in [5.74, 6) is 0.871. The molecule has 1 aromatic rings. The number of nitrogens with zero attached hydrogens (tertiary/aromatic N) is 2. The van der Waals surface area contributed by atoms with Gasteiger partial charge < -0.3 is 10.6 Å². The smallest absolute Gasteiger partial charge is 0.191 e. The van der Waals surface area contributed by atoms with Gasteiger partial charge in [0.25, 0.3) is 0 Å². The van der Waals surface area contributed by atoms with Gasteiger partial charge in [-0.1, -0.05) is 23.8 Å². The van der Waals surface area contributed by atoms with Crippen LogP contribution in [0.15, 0.2) is 23.2 Å². The first-order chi connectivity index (χ1) is 10.5. The Morgan fingerprint density at radius 1 is 1.30 bits per heavy atom. The standard InChI is InChI=1S/C18H30N4.HI/c1-13-6-7-16(14(2)10-13)12-21-18(19-4)20-11-15(3)22(5)17-8-9-17;/h6-7,10,15,17H,8-9,11-12H2,1-5H3,(H2,19,20,21);1H. The minimum absolute atomic E-state index is 0. The lowest BCUT2D eigenvalue weighted by molar-refractivity contribution is 0.247. The normalized spacial score (nSPS) is 16.0. The molecule has 0 heterocycles. The first-order valence-electron chi connectivity index (χ1n) is 8.24. The topological polar surface area (TPSA) is 39.7 Å². The van der Waals surface area contributed by atoms with Crippen LogP contribution in [-0.2, 0) is 6.54 Å². The van der Waals surface area contributed by atoms with Crippen LogP contribution in [0.1, 0.15) is 36.5 Å². The van der Waals surface area contributed by atoms with Crippen LogP contribution in [0.2, 0.25) is 0 Å². The SMILES string of the molecule is CN=C(NCc1ccc(C)cc1C)NCC(C)N(C)C1CC1.I. The molecule has 0 aliphatic heterocycles. The summed E-state index contributed by atoms with van der Waals surface area (Å²) in [6.07, 6.45) is 2.70. The molecule has 2 rings (SSSR count). The third-order valence-corrected chi connectivity index (χ3v) is 4.55. The summed E-state index contributed by atoms with van der Waals surface area (Å²) in [5, 5.41) is 6.84. The van der Waals surface area contributed by atoms with Crippen molar-refractivity contribution in [3.05, 3.63) is 34.9 Å². The molecule has 1 aliphatic carbocycles. The number of rotatable bonds is 6. The molecule has 1 aliphatic rings. The van der Waals surface area contributed by atoms with Crippen molar-refractivity contribution >= 4 is 29.9 Å². The second-order valence-electron chi connectivity index (χ2n) is 6.48. The molecule has 23 heavy (non-hydrogen) atoms. The van der Waals surface area contributed by atoms with Crippen molar-refractivity contribution in [2.75, 3.05) is 20.6 Å². The molecule has 1 unspecified atom stereocenters. The van der Waals surface area contributed by atoms with E-state index in [0.717, 1.165) is 25.1 Å². The summed E-state index contributed by atoms with van der Waals surface area (Å²) in [6, 6.07) is 7.88. The zero-order valence-corrected chi connectivity index (χ0v) is 17.3. The van der Waals surface area contributed by atoms with Crippen molar-refractivity contribution in [2.24, 2.45) is 4.99 Å². The van der Waals surface area contributed by atoms with Crippen LogP contribution in [0.3, 0.4) is 0 Å². The predicted molar refractivity (Wildman–Crippen MR) is 110 cm³/mol. The molecule has 0 radical (unpaired) electrons. The molecule has 2 N–H and O–H groups in total. The number of aryl methyl sites for hydroxylation is 2. The summed E-state index contributed by atoms with van der Waals surface area (Å²) in [4.78, 5) is 6.78. The Balaban J connectivity index is 0.00000264. The molecule has 4 nitrogen and oxygen atoms in total. The van der Waals surface area contributed by atoms with E-state index in [4.69, 9.17) is 0 Å². The van der Waals surface area contributed by atoms with Gasteiger partial charge in [-0.05, 0) is 51.8 Å². The number of benzene rings is 1. The molecule has 5 heteroatoms. The van der Waals surface area contributed by atoms with Gasteiger partial charge in [0.15, 0.2) is 5.96 Å². The minimum atomic E-state index is 0. The van der Waals surface area contributed by atoms with E-state index in [-0.39, 0.29) is 24.0 Å². The molecule has 0 saturated heterocycles. The van der Waals surface area contributed by atoms with Gasteiger partial charge in [-0.3, -0.25) is 9.89 Å². The predicted octanol–water partition coefficient (Wildman–Crippen LogP) is 3.07. The lowest BCUT2D eigenvalue weighted by Gasteiger charge is -2.25. The first-order valence-corrected chi connectivity index (χ1v) is 8.24. The summed E-state index contributed by atoms with van der Waals surface area (Å²) in [6.45, 7) is 8.27. The molecular formula is C18H31IN4. The lowest BCUT2D eigenvalue weighted by atomic mass is 10.1. The number of likely N-dealkylation sites (N-methyl/N-ethyl adjacent to an activating group) is 1. The minimum Gasteiger partial charge on any atom is -0.355 e. The molecule has 0 aromatic heterocycles. The fraction of sp³-hybridized carbons (Fsp3) is 0.611. The Hall–Kier alpha value is -0.820. The number of hydrogen-bond donors (Lipinski definition) is 2. The summed E-state index contributed by atoms with van der Waals surface area (Å²) < 4.78 is 0. The van der Waals surface area contributed by atoms with Crippen LogP contribution >= 0.6 is 24.0 Å². The van der Waals surface area contributed by atoms with Gasteiger partial charge in [-0.2, -0.15) is 0 Å². The third-order valence-electron chi connectivity index (χ3n) is 4.55. The van der Waals surface area contributed by atoms with Crippen molar-refractivity contribution in [2.45, 2.75) is 52.2 Å². The maximum absolute atomic E-state index is 4.32. The Morgan fingerprint density at radius 3 is 2.57 bits per heavy atom. The number of halogens is 1. The van der Waals surface area contributed by atoms with E-state index in [2.05, 4.69) is 66.5 Å². The highest BCUT2D eigenvalue weighted by atomic mass is 127. The second kappa shape index (κ2) is 9.47. The number of guanidine groups is 1. The molecule has 0 spiro atoms. The Bertz CT molecular complexity index is 526. The first kappa shape index (κ1) is 20.2. The maximum atomic E-state index is 4.32. The van der Waals surface area contributed by atoms with Gasteiger partial charge in [0.1, 0.15) is 0 Å². The second-order valence-corrected chi connectivity index (χ2v) is 6.48. The number of hydrogen-bond acceptors (Lipinski definition) is 2. The average molecular weight is 430 g/mol. The van der Waals surface area contributed by atoms with E-state index >= 15 is 0 Å². The lowest BCUT2D eigenvalue weighted by Crippen LogP contribution is -2.45. The highest BCUT2D eigenvalue weighted by Crippen LogP contribution is 2.26. The molecular weight excluding hydrogens is 399 g/mol. The Kier molecular flexibility index (Phi) is 8.33. The van der Waals surface area contributed by atoms with Crippen molar-refractivity contribution in [1.82, 2.24) is 15.5 Å². The van der Waals surface area contributed by atoms with Crippen LogP contribution in [0.5, 0.6) is 0 Å². The van der Waals surface area contributed by atoms with E-state index in [1.807, 2.05) is 7.05 Å². The molecule has 130 valence electrons. The summed E-state index contributed by atoms with van der Waals surface area (Å²) in [7, 11) is 4.04. The quantitative estimate of drug-likeness (QED) is 0.414. The highest BCUT2D eigenvalue weighted by molar-refractivity contribution is 14.0. The van der Waals surface area contributed by atoms with Gasteiger partial charge in [0.05, 0.1) is 0 Å². The summed E-state index contributed by atoms with van der Waals surface area (Å²) >= 11 is 0. The van der Waals surface area contributed by atoms with Crippen LogP contribution in [0.4, 0.5) is 0 Å². The van der Waals surface area contributed by atoms with E-state index < -0.39 is 0 Å². The fourth-order valence-corrected chi connectivity index (χ4v) is 2.67. The maximum Gasteiger partial charge on any atom is 0.191 e. The molecule has 1 atom stereocenters. The van der Waals surface area contributed by atoms with Crippen LogP contribution in [-0.4, -0.2) is 43.6 Å². The molecule has 0 amide bonds. The van der Waals surface area contributed by atoms with Crippen molar-refractivity contribution in [1.29, 1.82) is 0 Å². The van der Waals surface area contributed by atoms with Crippen LogP contribution < -0.4 is 10.6 Å². The summed E-state index contributed by atoms with van der Waals surface area (Å²) in [5.41, 5.74) is 3.95. The van der Waals surface area contributed by atoms with E-state index in [1.165, 1.54) is 29.5 Å².